The van der Waals surface area contributed by atoms with E-state index in [2.05, 4.69) is 34.3 Å². The molecule has 0 spiro atoms. The zero-order chi connectivity index (χ0) is 15.5. The van der Waals surface area contributed by atoms with Crippen LogP contribution < -0.4 is 5.32 Å². The number of amides is 1. The molecule has 2 atom stereocenters. The highest BCUT2D eigenvalue weighted by molar-refractivity contribution is 5.89. The Kier molecular flexibility index (Phi) is 4.09. The average molecular weight is 297 g/mol. The smallest absolute Gasteiger partial charge is 0.307 e. The summed E-state index contributed by atoms with van der Waals surface area (Å²) in [5, 5.41) is 5.25. The fraction of sp³-hybridized carbons (Fsp3) is 0.333. The van der Waals surface area contributed by atoms with Gasteiger partial charge in [-0.2, -0.15) is 0 Å². The van der Waals surface area contributed by atoms with Gasteiger partial charge in [-0.15, -0.1) is 0 Å². The first-order valence-corrected chi connectivity index (χ1v) is 7.53. The number of carbonyl (C=O) groups is 2. The second kappa shape index (κ2) is 6.18. The fourth-order valence-corrected chi connectivity index (χ4v) is 2.92. The molecule has 22 heavy (non-hydrogen) atoms. The number of carbonyl (C=O) groups excluding carboxylic acids is 2. The van der Waals surface area contributed by atoms with Gasteiger partial charge in [0.2, 0.25) is 5.91 Å². The van der Waals surface area contributed by atoms with Crippen LogP contribution in [-0.2, 0) is 14.3 Å². The Morgan fingerprint density at radius 3 is 2.77 bits per heavy atom. The Balaban J connectivity index is 1.63. The lowest BCUT2D eigenvalue weighted by molar-refractivity contribution is -0.140. The van der Waals surface area contributed by atoms with Gasteiger partial charge < -0.3 is 10.1 Å². The third-order valence-electron chi connectivity index (χ3n) is 4.21. The van der Waals surface area contributed by atoms with Gasteiger partial charge in [-0.3, -0.25) is 9.59 Å². The summed E-state index contributed by atoms with van der Waals surface area (Å²) in [6, 6.07) is 14.5. The standard InChI is InChI=1S/C18H19NO3/c1-22-17(20)9-10-19-18(21)16-11-15(16)14-8-4-6-12-5-2-3-7-13(12)14/h2-8,15-16H,9-11H2,1H3,(H,19,21)/t15-,16+/m0/s1. The second-order valence-corrected chi connectivity index (χ2v) is 5.63. The van der Waals surface area contributed by atoms with Crippen molar-refractivity contribution in [3.8, 4) is 0 Å². The maximum absolute atomic E-state index is 12.1. The summed E-state index contributed by atoms with van der Waals surface area (Å²) in [4.78, 5) is 23.2. The molecular weight excluding hydrogens is 278 g/mol. The summed E-state index contributed by atoms with van der Waals surface area (Å²) < 4.78 is 4.56. The third-order valence-corrected chi connectivity index (χ3v) is 4.21. The zero-order valence-electron chi connectivity index (χ0n) is 12.5. The lowest BCUT2D eigenvalue weighted by Crippen LogP contribution is -2.28. The van der Waals surface area contributed by atoms with Crippen LogP contribution in [0.5, 0.6) is 0 Å². The number of nitrogens with one attached hydrogen (secondary N) is 1. The van der Waals surface area contributed by atoms with Crippen molar-refractivity contribution in [3.63, 3.8) is 0 Å². The highest BCUT2D eigenvalue weighted by Gasteiger charge is 2.44. The van der Waals surface area contributed by atoms with Crippen LogP contribution in [0.1, 0.15) is 24.3 Å². The molecule has 1 saturated carbocycles. The van der Waals surface area contributed by atoms with Gasteiger partial charge in [0.15, 0.2) is 0 Å². The summed E-state index contributed by atoms with van der Waals surface area (Å²) in [7, 11) is 1.35. The van der Waals surface area contributed by atoms with Crippen molar-refractivity contribution < 1.29 is 14.3 Å². The number of esters is 1. The highest BCUT2D eigenvalue weighted by Crippen LogP contribution is 2.49. The molecular formula is C18H19NO3. The van der Waals surface area contributed by atoms with Crippen LogP contribution >= 0.6 is 0 Å². The van der Waals surface area contributed by atoms with Crippen molar-refractivity contribution in [2.45, 2.75) is 18.8 Å². The monoisotopic (exact) mass is 297 g/mol. The van der Waals surface area contributed by atoms with E-state index < -0.39 is 0 Å². The third kappa shape index (κ3) is 2.96. The van der Waals surface area contributed by atoms with E-state index in [9.17, 15) is 9.59 Å². The van der Waals surface area contributed by atoms with E-state index in [0.29, 0.717) is 6.54 Å². The van der Waals surface area contributed by atoms with Crippen molar-refractivity contribution in [1.29, 1.82) is 0 Å². The van der Waals surface area contributed by atoms with Gasteiger partial charge >= 0.3 is 5.97 Å². The Morgan fingerprint density at radius 2 is 1.95 bits per heavy atom. The molecule has 0 radical (unpaired) electrons. The first-order chi connectivity index (χ1) is 10.7. The normalized spacial score (nSPS) is 19.7. The molecule has 1 amide bonds. The minimum Gasteiger partial charge on any atom is -0.469 e. The van der Waals surface area contributed by atoms with Crippen LogP contribution in [0.4, 0.5) is 0 Å². The van der Waals surface area contributed by atoms with E-state index in [-0.39, 0.29) is 30.1 Å². The molecule has 4 nitrogen and oxygen atoms in total. The second-order valence-electron chi connectivity index (χ2n) is 5.63. The molecule has 2 aromatic carbocycles. The molecule has 1 aliphatic rings. The topological polar surface area (TPSA) is 55.4 Å². The maximum Gasteiger partial charge on any atom is 0.307 e. The highest BCUT2D eigenvalue weighted by atomic mass is 16.5. The van der Waals surface area contributed by atoms with E-state index in [0.717, 1.165) is 6.42 Å². The molecule has 114 valence electrons. The molecule has 0 aliphatic heterocycles. The molecule has 0 unspecified atom stereocenters. The lowest BCUT2D eigenvalue weighted by atomic mass is 10.00. The van der Waals surface area contributed by atoms with E-state index in [4.69, 9.17) is 0 Å². The average Bonchev–Trinajstić information content (AvgIpc) is 3.34. The predicted molar refractivity (Wildman–Crippen MR) is 84.4 cm³/mol. The number of hydrogen-bond donors (Lipinski definition) is 1. The molecule has 2 aromatic rings. The van der Waals surface area contributed by atoms with Crippen LogP contribution in [0, 0.1) is 5.92 Å². The largest absolute Gasteiger partial charge is 0.469 e. The minimum atomic E-state index is -0.304. The zero-order valence-corrected chi connectivity index (χ0v) is 12.5. The van der Waals surface area contributed by atoms with Crippen molar-refractivity contribution in [3.05, 3.63) is 48.0 Å². The van der Waals surface area contributed by atoms with Gasteiger partial charge in [0.25, 0.3) is 0 Å². The van der Waals surface area contributed by atoms with E-state index in [1.54, 1.807) is 0 Å². The first-order valence-electron chi connectivity index (χ1n) is 7.53. The quantitative estimate of drug-likeness (QED) is 0.863. The SMILES string of the molecule is COC(=O)CCNC(=O)[C@@H]1C[C@H]1c1cccc2ccccc12. The summed E-state index contributed by atoms with van der Waals surface area (Å²) >= 11 is 0. The number of ether oxygens (including phenoxy) is 1. The Bertz CT molecular complexity index is 705. The van der Waals surface area contributed by atoms with Gasteiger partial charge in [0.05, 0.1) is 13.5 Å². The predicted octanol–water partition coefficient (Wildman–Crippen LogP) is 2.62. The molecule has 1 fully saturated rings. The van der Waals surface area contributed by atoms with Crippen LogP contribution in [0.25, 0.3) is 10.8 Å². The van der Waals surface area contributed by atoms with Gasteiger partial charge in [-0.1, -0.05) is 42.5 Å². The lowest BCUT2D eigenvalue weighted by Gasteiger charge is -2.07. The first kappa shape index (κ1) is 14.6. The molecule has 0 aromatic heterocycles. The van der Waals surface area contributed by atoms with Crippen molar-refractivity contribution in [2.75, 3.05) is 13.7 Å². The molecule has 3 rings (SSSR count). The van der Waals surface area contributed by atoms with Crippen LogP contribution in [0.2, 0.25) is 0 Å². The van der Waals surface area contributed by atoms with E-state index >= 15 is 0 Å². The van der Waals surface area contributed by atoms with Crippen molar-refractivity contribution in [1.82, 2.24) is 5.32 Å². The molecule has 0 saturated heterocycles. The number of rotatable bonds is 5. The molecule has 0 bridgehead atoms. The molecule has 0 heterocycles. The van der Waals surface area contributed by atoms with Gasteiger partial charge in [0, 0.05) is 12.5 Å². The summed E-state index contributed by atoms with van der Waals surface area (Å²) in [6.45, 7) is 0.338. The number of fused-ring (bicyclic) bond motifs is 1. The van der Waals surface area contributed by atoms with Crippen LogP contribution in [0.15, 0.2) is 42.5 Å². The van der Waals surface area contributed by atoms with E-state index in [1.165, 1.54) is 23.4 Å². The molecule has 1 N–H and O–H groups in total. The Labute approximate surface area is 129 Å². The molecule has 1 aliphatic carbocycles. The van der Waals surface area contributed by atoms with Gasteiger partial charge in [-0.25, -0.2) is 0 Å². The number of methoxy groups -OCH3 is 1. The minimum absolute atomic E-state index is 0.0171. The maximum atomic E-state index is 12.1. The Hall–Kier alpha value is -2.36. The van der Waals surface area contributed by atoms with Gasteiger partial charge in [0.1, 0.15) is 0 Å². The number of benzene rings is 2. The van der Waals surface area contributed by atoms with E-state index in [1.807, 2.05) is 18.2 Å². The summed E-state index contributed by atoms with van der Waals surface area (Å²) in [5.41, 5.74) is 1.24. The molecule has 4 heteroatoms. The fourth-order valence-electron chi connectivity index (χ4n) is 2.92. The summed E-state index contributed by atoms with van der Waals surface area (Å²) in [6.07, 6.45) is 1.09. The Morgan fingerprint density at radius 1 is 1.18 bits per heavy atom. The van der Waals surface area contributed by atoms with Gasteiger partial charge in [-0.05, 0) is 28.7 Å². The van der Waals surface area contributed by atoms with Crippen molar-refractivity contribution >= 4 is 22.6 Å². The number of hydrogen-bond acceptors (Lipinski definition) is 3. The summed E-state index contributed by atoms with van der Waals surface area (Å²) in [5.74, 6) is 0.0243. The van der Waals surface area contributed by atoms with Crippen LogP contribution in [-0.4, -0.2) is 25.5 Å². The van der Waals surface area contributed by atoms with Crippen LogP contribution in [0.3, 0.4) is 0 Å². The van der Waals surface area contributed by atoms with Crippen molar-refractivity contribution in [2.24, 2.45) is 5.92 Å².